The van der Waals surface area contributed by atoms with Crippen LogP contribution in [0.1, 0.15) is 18.1 Å². The second kappa shape index (κ2) is 10.5. The van der Waals surface area contributed by atoms with Crippen LogP contribution in [0, 0.1) is 6.92 Å². The molecule has 2 N–H and O–H groups in total. The fourth-order valence-corrected chi connectivity index (χ4v) is 4.31. The van der Waals surface area contributed by atoms with Crippen LogP contribution in [0.25, 0.3) is 0 Å². The Morgan fingerprint density at radius 3 is 2.67 bits per heavy atom. The van der Waals surface area contributed by atoms with Crippen molar-refractivity contribution < 1.29 is 13.2 Å². The van der Waals surface area contributed by atoms with Crippen molar-refractivity contribution in [3.8, 4) is 5.75 Å². The maximum Gasteiger partial charge on any atom is 0.191 e. The molecule has 2 rings (SSSR count). The molecule has 8 heteroatoms. The van der Waals surface area contributed by atoms with Gasteiger partial charge in [0.2, 0.25) is 0 Å². The summed E-state index contributed by atoms with van der Waals surface area (Å²) in [5, 5.41) is 6.61. The van der Waals surface area contributed by atoms with E-state index in [1.807, 2.05) is 19.1 Å². The number of ether oxygens (including phenoxy) is 1. The standard InChI is InChI=1S/C19H32N4O3S/c1-4-20-19(22-9-10-23-11-13-27(24,25)14-12-23)21-8-7-17-15-16(2)5-6-18(17)26-3/h5-6,15H,4,7-14H2,1-3H3,(H2,20,21,22). The second-order valence-corrected chi connectivity index (χ2v) is 9.05. The van der Waals surface area contributed by atoms with Crippen LogP contribution in [-0.2, 0) is 16.3 Å². The molecule has 0 saturated carbocycles. The first-order chi connectivity index (χ1) is 12.9. The molecule has 0 aromatic heterocycles. The molecule has 0 aliphatic carbocycles. The van der Waals surface area contributed by atoms with E-state index < -0.39 is 9.84 Å². The lowest BCUT2D eigenvalue weighted by Crippen LogP contribution is -2.42. The maximum absolute atomic E-state index is 11.5. The fourth-order valence-electron chi connectivity index (χ4n) is 3.04. The minimum absolute atomic E-state index is 0.257. The summed E-state index contributed by atoms with van der Waals surface area (Å²) in [5.41, 5.74) is 2.39. The minimum atomic E-state index is -2.83. The van der Waals surface area contributed by atoms with Gasteiger partial charge in [-0.3, -0.25) is 9.89 Å². The molecule has 0 bridgehead atoms. The van der Waals surface area contributed by atoms with Crippen LogP contribution < -0.4 is 15.4 Å². The molecule has 1 aliphatic heterocycles. The zero-order chi connectivity index (χ0) is 19.7. The lowest BCUT2D eigenvalue weighted by atomic mass is 10.1. The quantitative estimate of drug-likeness (QED) is 0.500. The second-order valence-electron chi connectivity index (χ2n) is 6.75. The Kier molecular flexibility index (Phi) is 8.37. The lowest BCUT2D eigenvalue weighted by molar-refractivity contribution is 0.304. The molecule has 27 heavy (non-hydrogen) atoms. The van der Waals surface area contributed by atoms with Crippen molar-refractivity contribution in [1.29, 1.82) is 0 Å². The molecule has 0 atom stereocenters. The minimum Gasteiger partial charge on any atom is -0.496 e. The maximum atomic E-state index is 11.5. The lowest BCUT2D eigenvalue weighted by Gasteiger charge is -2.25. The average molecular weight is 397 g/mol. The molecule has 1 fully saturated rings. The summed E-state index contributed by atoms with van der Waals surface area (Å²) in [6.07, 6.45) is 0.846. The highest BCUT2D eigenvalue weighted by Crippen LogP contribution is 2.19. The summed E-state index contributed by atoms with van der Waals surface area (Å²) >= 11 is 0. The first-order valence-electron chi connectivity index (χ1n) is 9.52. The number of aryl methyl sites for hydroxylation is 1. The Hall–Kier alpha value is -1.80. The topological polar surface area (TPSA) is 83.0 Å². The van der Waals surface area contributed by atoms with Gasteiger partial charge in [0.25, 0.3) is 0 Å². The first-order valence-corrected chi connectivity index (χ1v) is 11.3. The molecule has 0 amide bonds. The fraction of sp³-hybridized carbons (Fsp3) is 0.632. The third kappa shape index (κ3) is 7.38. The van der Waals surface area contributed by atoms with Gasteiger partial charge < -0.3 is 15.4 Å². The first kappa shape index (κ1) is 21.5. The molecule has 0 radical (unpaired) electrons. The Balaban J connectivity index is 1.81. The van der Waals surface area contributed by atoms with Crippen LogP contribution in [0.3, 0.4) is 0 Å². The number of rotatable bonds is 8. The number of nitrogens with zero attached hydrogens (tertiary/aromatic N) is 2. The predicted molar refractivity (Wildman–Crippen MR) is 111 cm³/mol. The number of hydrogen-bond acceptors (Lipinski definition) is 5. The van der Waals surface area contributed by atoms with E-state index in [0.29, 0.717) is 19.6 Å². The molecule has 1 saturated heterocycles. The number of methoxy groups -OCH3 is 1. The summed E-state index contributed by atoms with van der Waals surface area (Å²) in [6, 6.07) is 6.20. The van der Waals surface area contributed by atoms with Gasteiger partial charge in [0.15, 0.2) is 15.8 Å². The molecule has 7 nitrogen and oxygen atoms in total. The summed E-state index contributed by atoms with van der Waals surface area (Å²) < 4.78 is 28.4. The van der Waals surface area contributed by atoms with Gasteiger partial charge in [-0.1, -0.05) is 17.7 Å². The van der Waals surface area contributed by atoms with E-state index >= 15 is 0 Å². The van der Waals surface area contributed by atoms with E-state index in [-0.39, 0.29) is 11.5 Å². The largest absolute Gasteiger partial charge is 0.496 e. The van der Waals surface area contributed by atoms with E-state index in [1.165, 1.54) is 11.1 Å². The normalized spacial score (nSPS) is 17.5. The molecule has 1 aromatic carbocycles. The van der Waals surface area contributed by atoms with Gasteiger partial charge in [0, 0.05) is 32.7 Å². The van der Waals surface area contributed by atoms with Gasteiger partial charge in [0.1, 0.15) is 5.75 Å². The molecule has 1 aromatic rings. The SMILES string of the molecule is CCNC(=NCCN1CCS(=O)(=O)CC1)NCCc1cc(C)ccc1OC. The zero-order valence-corrected chi connectivity index (χ0v) is 17.4. The summed E-state index contributed by atoms with van der Waals surface area (Å²) in [7, 11) is -1.13. The van der Waals surface area contributed by atoms with Crippen molar-refractivity contribution in [3.63, 3.8) is 0 Å². The van der Waals surface area contributed by atoms with Gasteiger partial charge in [-0.05, 0) is 31.9 Å². The zero-order valence-electron chi connectivity index (χ0n) is 16.6. The highest BCUT2D eigenvalue weighted by molar-refractivity contribution is 7.91. The van der Waals surface area contributed by atoms with E-state index in [0.717, 1.165) is 37.8 Å². The van der Waals surface area contributed by atoms with Crippen LogP contribution >= 0.6 is 0 Å². The van der Waals surface area contributed by atoms with Crippen molar-refractivity contribution in [1.82, 2.24) is 15.5 Å². The van der Waals surface area contributed by atoms with Gasteiger partial charge in [-0.15, -0.1) is 0 Å². The number of nitrogens with one attached hydrogen (secondary N) is 2. The Labute approximate surface area is 163 Å². The Morgan fingerprint density at radius 1 is 1.26 bits per heavy atom. The molecule has 0 unspecified atom stereocenters. The van der Waals surface area contributed by atoms with E-state index in [9.17, 15) is 8.42 Å². The molecule has 1 heterocycles. The summed E-state index contributed by atoms with van der Waals surface area (Å²) in [6.45, 7) is 8.30. The van der Waals surface area contributed by atoms with Crippen molar-refractivity contribution >= 4 is 15.8 Å². The van der Waals surface area contributed by atoms with Crippen molar-refractivity contribution in [2.75, 3.05) is 57.9 Å². The third-order valence-corrected chi connectivity index (χ3v) is 6.20. The molecule has 152 valence electrons. The van der Waals surface area contributed by atoms with E-state index in [4.69, 9.17) is 4.74 Å². The molecule has 0 spiro atoms. The number of guanidine groups is 1. The third-order valence-electron chi connectivity index (χ3n) is 4.59. The van der Waals surface area contributed by atoms with Crippen LogP contribution in [0.2, 0.25) is 0 Å². The molecular formula is C19H32N4O3S. The monoisotopic (exact) mass is 396 g/mol. The van der Waals surface area contributed by atoms with Crippen LogP contribution in [0.4, 0.5) is 0 Å². The highest BCUT2D eigenvalue weighted by atomic mass is 32.2. The number of aliphatic imine (C=N–C) groups is 1. The van der Waals surface area contributed by atoms with Crippen molar-refractivity contribution in [2.24, 2.45) is 4.99 Å². The summed E-state index contributed by atoms with van der Waals surface area (Å²) in [5.74, 6) is 2.21. The van der Waals surface area contributed by atoms with Gasteiger partial charge in [0.05, 0.1) is 25.2 Å². The van der Waals surface area contributed by atoms with Crippen molar-refractivity contribution in [2.45, 2.75) is 20.3 Å². The Morgan fingerprint density at radius 2 is 2.00 bits per heavy atom. The predicted octanol–water partition coefficient (Wildman–Crippen LogP) is 0.832. The summed E-state index contributed by atoms with van der Waals surface area (Å²) in [4.78, 5) is 6.77. The number of hydrogen-bond donors (Lipinski definition) is 2. The highest BCUT2D eigenvalue weighted by Gasteiger charge is 2.20. The Bertz CT molecular complexity index is 720. The van der Waals surface area contributed by atoms with Gasteiger partial charge >= 0.3 is 0 Å². The van der Waals surface area contributed by atoms with Crippen LogP contribution in [0.5, 0.6) is 5.75 Å². The van der Waals surface area contributed by atoms with Gasteiger partial charge in [-0.2, -0.15) is 0 Å². The smallest absolute Gasteiger partial charge is 0.191 e. The number of sulfone groups is 1. The van der Waals surface area contributed by atoms with Gasteiger partial charge in [-0.25, -0.2) is 8.42 Å². The number of benzene rings is 1. The van der Waals surface area contributed by atoms with E-state index in [1.54, 1.807) is 7.11 Å². The van der Waals surface area contributed by atoms with Crippen LogP contribution in [0.15, 0.2) is 23.2 Å². The average Bonchev–Trinajstić information content (AvgIpc) is 2.63. The van der Waals surface area contributed by atoms with Crippen LogP contribution in [-0.4, -0.2) is 77.2 Å². The molecular weight excluding hydrogens is 364 g/mol. The molecule has 1 aliphatic rings. The van der Waals surface area contributed by atoms with Crippen molar-refractivity contribution in [3.05, 3.63) is 29.3 Å². The van der Waals surface area contributed by atoms with E-state index in [2.05, 4.69) is 33.5 Å².